The highest BCUT2D eigenvalue weighted by atomic mass is 16.5. The minimum Gasteiger partial charge on any atom is -0.463 e. The second-order valence-electron chi connectivity index (χ2n) is 6.65. The van der Waals surface area contributed by atoms with E-state index in [-0.39, 0.29) is 24.1 Å². The van der Waals surface area contributed by atoms with Crippen LogP contribution in [-0.4, -0.2) is 24.1 Å². The van der Waals surface area contributed by atoms with Gasteiger partial charge in [0.05, 0.1) is 0 Å². The van der Waals surface area contributed by atoms with Crippen LogP contribution in [-0.2, 0) is 19.1 Å². The first-order valence-corrected chi connectivity index (χ1v) is 7.49. The molecule has 0 radical (unpaired) electrons. The van der Waals surface area contributed by atoms with Crippen LogP contribution in [0.1, 0.15) is 39.5 Å². The van der Waals surface area contributed by atoms with Crippen molar-refractivity contribution in [2.75, 3.05) is 0 Å². The number of carbonyl (C=O) groups is 2. The number of hydrogen-bond acceptors (Lipinski definition) is 4. The Morgan fingerprint density at radius 2 is 1.65 bits per heavy atom. The zero-order valence-electron chi connectivity index (χ0n) is 12.1. The smallest absolute Gasteiger partial charge is 0.333 e. The molecule has 0 aromatic carbocycles. The van der Waals surface area contributed by atoms with E-state index in [1.54, 1.807) is 6.92 Å². The minimum atomic E-state index is -0.270. The molecule has 6 unspecified atom stereocenters. The highest BCUT2D eigenvalue weighted by Gasteiger charge is 2.57. The van der Waals surface area contributed by atoms with E-state index >= 15 is 0 Å². The normalized spacial score (nSPS) is 41.3. The van der Waals surface area contributed by atoms with Gasteiger partial charge in [-0.05, 0) is 56.3 Å². The Morgan fingerprint density at radius 1 is 0.950 bits per heavy atom. The maximum atomic E-state index is 11.7. The first-order valence-electron chi connectivity index (χ1n) is 7.49. The summed E-state index contributed by atoms with van der Waals surface area (Å²) in [6.07, 6.45) is 4.18. The molecule has 20 heavy (non-hydrogen) atoms. The summed E-state index contributed by atoms with van der Waals surface area (Å²) in [5.74, 6) is 1.84. The summed E-state index contributed by atoms with van der Waals surface area (Å²) >= 11 is 0. The molecular weight excluding hydrogens is 256 g/mol. The Balaban J connectivity index is 1.63. The molecule has 4 nitrogen and oxygen atoms in total. The Kier molecular flexibility index (Phi) is 3.35. The van der Waals surface area contributed by atoms with E-state index in [0.717, 1.165) is 25.7 Å². The number of esters is 2. The molecule has 0 spiro atoms. The molecule has 0 saturated heterocycles. The van der Waals surface area contributed by atoms with E-state index in [9.17, 15) is 9.59 Å². The molecule has 2 bridgehead atoms. The second-order valence-corrected chi connectivity index (χ2v) is 6.65. The lowest BCUT2D eigenvalue weighted by Gasteiger charge is -2.30. The van der Waals surface area contributed by atoms with Gasteiger partial charge in [-0.1, -0.05) is 6.58 Å². The van der Waals surface area contributed by atoms with Gasteiger partial charge in [0.25, 0.3) is 0 Å². The van der Waals surface area contributed by atoms with Gasteiger partial charge in [-0.3, -0.25) is 4.79 Å². The molecule has 3 fully saturated rings. The second kappa shape index (κ2) is 4.90. The van der Waals surface area contributed by atoms with E-state index in [0.29, 0.717) is 29.2 Å². The van der Waals surface area contributed by atoms with Crippen LogP contribution in [0.5, 0.6) is 0 Å². The van der Waals surface area contributed by atoms with Crippen LogP contribution in [0.2, 0.25) is 0 Å². The van der Waals surface area contributed by atoms with Crippen LogP contribution in [0.4, 0.5) is 0 Å². The molecule has 0 aromatic heterocycles. The standard InChI is InChI=1S/C16H22O4/c1-8(2)16(18)20-15-5-10-4-14(15)13-7-11(6-12(10)13)19-9(3)17/h10-15H,1,4-7H2,2-3H3. The third-order valence-corrected chi connectivity index (χ3v) is 5.30. The van der Waals surface area contributed by atoms with Gasteiger partial charge in [0, 0.05) is 12.5 Å². The third kappa shape index (κ3) is 2.25. The fraction of sp³-hybridized carbons (Fsp3) is 0.750. The molecule has 4 heteroatoms. The van der Waals surface area contributed by atoms with Crippen molar-refractivity contribution in [3.8, 4) is 0 Å². The lowest BCUT2D eigenvalue weighted by Crippen LogP contribution is -2.32. The van der Waals surface area contributed by atoms with Gasteiger partial charge in [0.1, 0.15) is 12.2 Å². The van der Waals surface area contributed by atoms with Gasteiger partial charge < -0.3 is 9.47 Å². The molecule has 3 aliphatic carbocycles. The van der Waals surface area contributed by atoms with E-state index in [2.05, 4.69) is 6.58 Å². The molecular formula is C16H22O4. The van der Waals surface area contributed by atoms with Crippen molar-refractivity contribution >= 4 is 11.9 Å². The first-order chi connectivity index (χ1) is 9.45. The molecule has 3 rings (SSSR count). The zero-order chi connectivity index (χ0) is 14.4. The molecule has 0 aromatic rings. The van der Waals surface area contributed by atoms with Crippen LogP contribution in [0.3, 0.4) is 0 Å². The summed E-state index contributed by atoms with van der Waals surface area (Å²) in [5, 5.41) is 0. The molecule has 3 aliphatic rings. The van der Waals surface area contributed by atoms with E-state index in [1.807, 2.05) is 0 Å². The zero-order valence-corrected chi connectivity index (χ0v) is 12.1. The number of ether oxygens (including phenoxy) is 2. The van der Waals surface area contributed by atoms with Gasteiger partial charge in [-0.25, -0.2) is 4.79 Å². The van der Waals surface area contributed by atoms with E-state index in [4.69, 9.17) is 9.47 Å². The van der Waals surface area contributed by atoms with Crippen molar-refractivity contribution in [2.45, 2.75) is 51.7 Å². The molecule has 110 valence electrons. The van der Waals surface area contributed by atoms with Crippen molar-refractivity contribution in [1.82, 2.24) is 0 Å². The fourth-order valence-corrected chi connectivity index (χ4v) is 4.66. The number of carbonyl (C=O) groups excluding carboxylic acids is 2. The summed E-state index contributed by atoms with van der Waals surface area (Å²) in [5.41, 5.74) is 0.466. The largest absolute Gasteiger partial charge is 0.463 e. The van der Waals surface area contributed by atoms with Crippen LogP contribution in [0.15, 0.2) is 12.2 Å². The summed E-state index contributed by atoms with van der Waals surface area (Å²) in [4.78, 5) is 22.8. The Morgan fingerprint density at radius 3 is 2.30 bits per heavy atom. The van der Waals surface area contributed by atoms with Crippen molar-refractivity contribution < 1.29 is 19.1 Å². The summed E-state index contributed by atoms with van der Waals surface area (Å²) in [7, 11) is 0. The quantitative estimate of drug-likeness (QED) is 0.588. The van der Waals surface area contributed by atoms with Crippen LogP contribution in [0, 0.1) is 23.7 Å². The number of hydrogen-bond donors (Lipinski definition) is 0. The average molecular weight is 278 g/mol. The molecule has 6 atom stereocenters. The summed E-state index contributed by atoms with van der Waals surface area (Å²) < 4.78 is 11.0. The summed E-state index contributed by atoms with van der Waals surface area (Å²) in [6, 6.07) is 0. The monoisotopic (exact) mass is 278 g/mol. The predicted molar refractivity (Wildman–Crippen MR) is 72.7 cm³/mol. The first kappa shape index (κ1) is 13.7. The molecule has 0 N–H and O–H groups in total. The van der Waals surface area contributed by atoms with Crippen molar-refractivity contribution in [3.63, 3.8) is 0 Å². The van der Waals surface area contributed by atoms with E-state index < -0.39 is 0 Å². The summed E-state index contributed by atoms with van der Waals surface area (Å²) in [6.45, 7) is 6.80. The number of rotatable bonds is 3. The topological polar surface area (TPSA) is 52.6 Å². The van der Waals surface area contributed by atoms with Crippen molar-refractivity contribution in [1.29, 1.82) is 0 Å². The van der Waals surface area contributed by atoms with Gasteiger partial charge in [0.15, 0.2) is 0 Å². The molecule has 3 saturated carbocycles. The third-order valence-electron chi connectivity index (χ3n) is 5.30. The maximum absolute atomic E-state index is 11.7. The van der Waals surface area contributed by atoms with Crippen molar-refractivity contribution in [3.05, 3.63) is 12.2 Å². The van der Waals surface area contributed by atoms with Gasteiger partial charge in [-0.2, -0.15) is 0 Å². The Bertz CT molecular complexity index is 455. The SMILES string of the molecule is C=C(C)C(=O)OC1CC2CC1C1CC(OC(C)=O)CC21. The Hall–Kier alpha value is -1.32. The van der Waals surface area contributed by atoms with Crippen LogP contribution >= 0.6 is 0 Å². The van der Waals surface area contributed by atoms with Gasteiger partial charge in [0.2, 0.25) is 0 Å². The minimum absolute atomic E-state index is 0.0431. The lowest BCUT2D eigenvalue weighted by atomic mass is 9.80. The predicted octanol–water partition coefficient (Wildman–Crippen LogP) is 2.47. The lowest BCUT2D eigenvalue weighted by molar-refractivity contribution is -0.148. The fourth-order valence-electron chi connectivity index (χ4n) is 4.66. The Labute approximate surface area is 119 Å². The average Bonchev–Trinajstić information content (AvgIpc) is 2.98. The highest BCUT2D eigenvalue weighted by molar-refractivity contribution is 5.87. The molecule has 0 aliphatic heterocycles. The van der Waals surface area contributed by atoms with Crippen molar-refractivity contribution in [2.24, 2.45) is 23.7 Å². The van der Waals surface area contributed by atoms with E-state index in [1.165, 1.54) is 6.92 Å². The highest BCUT2D eigenvalue weighted by Crippen LogP contribution is 2.59. The van der Waals surface area contributed by atoms with Crippen LogP contribution in [0.25, 0.3) is 0 Å². The molecule has 0 heterocycles. The maximum Gasteiger partial charge on any atom is 0.333 e. The van der Waals surface area contributed by atoms with Crippen LogP contribution < -0.4 is 0 Å². The van der Waals surface area contributed by atoms with Gasteiger partial charge in [-0.15, -0.1) is 0 Å². The molecule has 0 amide bonds. The van der Waals surface area contributed by atoms with Gasteiger partial charge >= 0.3 is 11.9 Å². The number of fused-ring (bicyclic) bond motifs is 5.